The van der Waals surface area contributed by atoms with Gasteiger partial charge in [-0.3, -0.25) is 9.88 Å². The number of amides is 2. The number of ether oxygens (including phenoxy) is 1. The Hall–Kier alpha value is -3.86. The number of hydrogen-bond donors (Lipinski definition) is 1. The summed E-state index contributed by atoms with van der Waals surface area (Å²) in [6, 6.07) is 29.2. The quantitative estimate of drug-likeness (QED) is 0.445. The molecule has 5 nitrogen and oxygen atoms in total. The molecule has 0 atom stereocenters. The van der Waals surface area contributed by atoms with Crippen LogP contribution in [-0.2, 0) is 6.54 Å². The molecule has 4 aromatic rings. The van der Waals surface area contributed by atoms with Crippen molar-refractivity contribution < 1.29 is 9.53 Å². The highest BCUT2D eigenvalue weighted by molar-refractivity contribution is 5.91. The van der Waals surface area contributed by atoms with E-state index in [0.29, 0.717) is 25.4 Å². The molecule has 5 heteroatoms. The van der Waals surface area contributed by atoms with Gasteiger partial charge in [-0.15, -0.1) is 0 Å². The summed E-state index contributed by atoms with van der Waals surface area (Å²) in [5, 5.41) is 3.99. The molecule has 0 fully saturated rings. The number of benzene rings is 3. The lowest BCUT2D eigenvalue weighted by molar-refractivity contribution is 0.241. The van der Waals surface area contributed by atoms with Gasteiger partial charge in [-0.25, -0.2) is 4.79 Å². The number of urea groups is 1. The highest BCUT2D eigenvalue weighted by Gasteiger charge is 2.15. The Morgan fingerprint density at radius 3 is 2.40 bits per heavy atom. The summed E-state index contributed by atoms with van der Waals surface area (Å²) in [7, 11) is 0. The molecular weight excluding hydrogens is 374 g/mol. The Morgan fingerprint density at radius 1 is 0.867 bits per heavy atom. The molecule has 4 rings (SSSR count). The predicted octanol–water partition coefficient (Wildman–Crippen LogP) is 5.03. The first kappa shape index (κ1) is 19.5. The summed E-state index contributed by atoms with van der Waals surface area (Å²) in [6.07, 6.45) is 1.75. The second-order valence-electron chi connectivity index (χ2n) is 6.82. The van der Waals surface area contributed by atoms with Crippen molar-refractivity contribution in [2.45, 2.75) is 6.54 Å². The molecule has 0 saturated carbocycles. The lowest BCUT2D eigenvalue weighted by Gasteiger charge is -2.23. The summed E-state index contributed by atoms with van der Waals surface area (Å²) in [5.41, 5.74) is 2.73. The zero-order valence-corrected chi connectivity index (χ0v) is 16.6. The van der Waals surface area contributed by atoms with E-state index in [9.17, 15) is 4.79 Å². The Kier molecular flexibility index (Phi) is 6.20. The molecule has 0 radical (unpaired) electrons. The van der Waals surface area contributed by atoms with Crippen LogP contribution in [0.3, 0.4) is 0 Å². The minimum Gasteiger partial charge on any atom is -0.489 e. The van der Waals surface area contributed by atoms with Crippen LogP contribution in [0.5, 0.6) is 5.75 Å². The second kappa shape index (κ2) is 9.56. The van der Waals surface area contributed by atoms with E-state index in [-0.39, 0.29) is 6.03 Å². The van der Waals surface area contributed by atoms with Crippen molar-refractivity contribution in [3.63, 3.8) is 0 Å². The van der Waals surface area contributed by atoms with Gasteiger partial charge in [-0.2, -0.15) is 0 Å². The van der Waals surface area contributed by atoms with E-state index >= 15 is 0 Å². The zero-order valence-electron chi connectivity index (χ0n) is 16.6. The molecule has 0 saturated heterocycles. The lowest BCUT2D eigenvalue weighted by atomic mass is 10.2. The lowest BCUT2D eigenvalue weighted by Crippen LogP contribution is -2.41. The number of carbonyl (C=O) groups is 1. The third kappa shape index (κ3) is 4.75. The number of nitrogens with zero attached hydrogens (tertiary/aromatic N) is 2. The van der Waals surface area contributed by atoms with E-state index in [1.54, 1.807) is 11.1 Å². The van der Waals surface area contributed by atoms with Crippen molar-refractivity contribution in [2.24, 2.45) is 0 Å². The number of para-hydroxylation sites is 2. The monoisotopic (exact) mass is 397 g/mol. The minimum absolute atomic E-state index is 0.162. The third-order valence-corrected chi connectivity index (χ3v) is 4.73. The zero-order chi connectivity index (χ0) is 20.6. The number of pyridine rings is 1. The van der Waals surface area contributed by atoms with Crippen LogP contribution < -0.4 is 15.0 Å². The molecule has 0 spiro atoms. The average molecular weight is 397 g/mol. The molecule has 0 aliphatic carbocycles. The maximum atomic E-state index is 12.9. The van der Waals surface area contributed by atoms with Gasteiger partial charge in [0.25, 0.3) is 0 Å². The molecule has 3 aromatic carbocycles. The van der Waals surface area contributed by atoms with Crippen LogP contribution >= 0.6 is 0 Å². The summed E-state index contributed by atoms with van der Waals surface area (Å²) < 4.78 is 5.88. The van der Waals surface area contributed by atoms with Gasteiger partial charge in [0.15, 0.2) is 0 Å². The van der Waals surface area contributed by atoms with Crippen molar-refractivity contribution >= 4 is 22.6 Å². The van der Waals surface area contributed by atoms with Gasteiger partial charge in [0.05, 0.1) is 13.1 Å². The molecule has 30 heavy (non-hydrogen) atoms. The Balaban J connectivity index is 1.39. The maximum absolute atomic E-state index is 12.9. The van der Waals surface area contributed by atoms with Crippen LogP contribution in [0.15, 0.2) is 97.2 Å². The van der Waals surface area contributed by atoms with Crippen molar-refractivity contribution in [2.75, 3.05) is 18.1 Å². The van der Waals surface area contributed by atoms with Gasteiger partial charge < -0.3 is 10.1 Å². The predicted molar refractivity (Wildman–Crippen MR) is 120 cm³/mol. The van der Waals surface area contributed by atoms with Gasteiger partial charge in [-0.1, -0.05) is 66.7 Å². The van der Waals surface area contributed by atoms with Crippen LogP contribution in [0.2, 0.25) is 0 Å². The number of carbonyl (C=O) groups excluding carboxylic acids is 1. The molecule has 1 heterocycles. The van der Waals surface area contributed by atoms with E-state index in [2.05, 4.69) is 10.3 Å². The molecule has 150 valence electrons. The van der Waals surface area contributed by atoms with Gasteiger partial charge >= 0.3 is 6.03 Å². The van der Waals surface area contributed by atoms with Crippen LogP contribution in [0.25, 0.3) is 10.9 Å². The largest absolute Gasteiger partial charge is 0.489 e. The van der Waals surface area contributed by atoms with E-state index in [1.807, 2.05) is 91.0 Å². The Bertz CT molecular complexity index is 1100. The summed E-state index contributed by atoms with van der Waals surface area (Å²) in [4.78, 5) is 19.0. The number of rotatable bonds is 7. The topological polar surface area (TPSA) is 54.5 Å². The second-order valence-corrected chi connectivity index (χ2v) is 6.82. The maximum Gasteiger partial charge on any atom is 0.322 e. The molecular formula is C25H23N3O2. The summed E-state index contributed by atoms with van der Waals surface area (Å²) >= 11 is 0. The van der Waals surface area contributed by atoms with Gasteiger partial charge in [-0.05, 0) is 29.8 Å². The SMILES string of the molecule is O=C(NCCOc1cccc2cccnc12)N(Cc1ccccc1)c1ccccc1. The number of hydrogen-bond acceptors (Lipinski definition) is 3. The highest BCUT2D eigenvalue weighted by atomic mass is 16.5. The first-order valence-corrected chi connectivity index (χ1v) is 9.92. The van der Waals surface area contributed by atoms with Gasteiger partial charge in [0.2, 0.25) is 0 Å². The smallest absolute Gasteiger partial charge is 0.322 e. The molecule has 0 aliphatic rings. The first-order valence-electron chi connectivity index (χ1n) is 9.92. The molecule has 1 aromatic heterocycles. The molecule has 1 N–H and O–H groups in total. The van der Waals surface area contributed by atoms with E-state index in [0.717, 1.165) is 22.2 Å². The first-order chi connectivity index (χ1) is 14.8. The van der Waals surface area contributed by atoms with Crippen LogP contribution in [0, 0.1) is 0 Å². The summed E-state index contributed by atoms with van der Waals surface area (Å²) in [5.74, 6) is 0.714. The fourth-order valence-corrected chi connectivity index (χ4v) is 3.26. The number of fused-ring (bicyclic) bond motifs is 1. The van der Waals surface area contributed by atoms with Crippen LogP contribution in [0.1, 0.15) is 5.56 Å². The highest BCUT2D eigenvalue weighted by Crippen LogP contribution is 2.22. The fourth-order valence-electron chi connectivity index (χ4n) is 3.26. The summed E-state index contributed by atoms with van der Waals surface area (Å²) in [6.45, 7) is 1.24. The number of aromatic nitrogens is 1. The van der Waals surface area contributed by atoms with Gasteiger partial charge in [0.1, 0.15) is 17.9 Å². The van der Waals surface area contributed by atoms with E-state index < -0.39 is 0 Å². The Labute approximate surface area is 175 Å². The Morgan fingerprint density at radius 2 is 1.60 bits per heavy atom. The standard InChI is InChI=1S/C25H23N3O2/c29-25(27-17-18-30-23-15-7-11-21-12-8-16-26-24(21)23)28(22-13-5-2-6-14-22)19-20-9-3-1-4-10-20/h1-16H,17-19H2,(H,27,29). The van der Waals surface area contributed by atoms with E-state index in [4.69, 9.17) is 4.74 Å². The number of anilines is 1. The number of nitrogens with one attached hydrogen (secondary N) is 1. The van der Waals surface area contributed by atoms with Crippen molar-refractivity contribution in [3.05, 3.63) is 103 Å². The molecule has 0 bridgehead atoms. The fraction of sp³-hybridized carbons (Fsp3) is 0.120. The normalized spacial score (nSPS) is 10.5. The van der Waals surface area contributed by atoms with Crippen LogP contribution in [-0.4, -0.2) is 24.2 Å². The van der Waals surface area contributed by atoms with Crippen molar-refractivity contribution in [1.82, 2.24) is 10.3 Å². The third-order valence-electron chi connectivity index (χ3n) is 4.73. The molecule has 0 unspecified atom stereocenters. The molecule has 0 aliphatic heterocycles. The molecule has 2 amide bonds. The van der Waals surface area contributed by atoms with Crippen molar-refractivity contribution in [1.29, 1.82) is 0 Å². The average Bonchev–Trinajstić information content (AvgIpc) is 2.81. The van der Waals surface area contributed by atoms with Gasteiger partial charge in [0, 0.05) is 17.3 Å². The van der Waals surface area contributed by atoms with Crippen molar-refractivity contribution in [3.8, 4) is 5.75 Å². The minimum atomic E-state index is -0.162. The van der Waals surface area contributed by atoms with E-state index in [1.165, 1.54) is 0 Å². The van der Waals surface area contributed by atoms with Crippen LogP contribution in [0.4, 0.5) is 10.5 Å².